The molecule has 8 atom stereocenters. The van der Waals surface area contributed by atoms with Crippen molar-refractivity contribution >= 4 is 150 Å². The van der Waals surface area contributed by atoms with Gasteiger partial charge in [-0.2, -0.15) is 0 Å². The van der Waals surface area contributed by atoms with Crippen LogP contribution in [0.1, 0.15) is 106 Å². The molecule has 44 heteroatoms. The molecule has 0 saturated carbocycles. The van der Waals surface area contributed by atoms with Crippen LogP contribution in [0.3, 0.4) is 0 Å². The molecule has 0 aliphatic heterocycles. The van der Waals surface area contributed by atoms with Crippen molar-refractivity contribution < 1.29 is 120 Å². The van der Waals surface area contributed by atoms with Crippen LogP contribution in [0.5, 0.6) is 0 Å². The molecule has 0 rings (SSSR count). The SMILES string of the molecule is CC[Si](CC)(CC)CCCO[C@H](CO)[C@@H](CO)OCCC[Si](CC)(CC)CC.C[Si](C)(C)O[Si](C)(C)CCCO[C@H](CO)[C@@H](CO)OCCC[Si](C)(C)O[Si](C)(C)C.C[Si](C)(C)O[Si](C)(CCCCO[C@H](CO)[C@@H](CO)OCCCC[Si](C)(O[Si](C)(C)C)O[Si](C)(C)C)O[Si](C)(C)C.C[Si](C)(C)O[Si](C)(CCCO[C@H](CO)[C@@H](CO)OCCC[Si](C)(O[Si](C)(C)C)O[Si](C)(C)C)O[Si](C)(C)C. The zero-order valence-corrected chi connectivity index (χ0v) is 115. The minimum atomic E-state index is -2.33. The number of ether oxygens (including phenoxy) is 8. The third kappa shape index (κ3) is 79.0. The van der Waals surface area contributed by atoms with Crippen molar-refractivity contribution in [2.75, 3.05) is 106 Å². The Kier molecular flexibility index (Phi) is 74.1. The molecule has 0 aromatic carbocycles. The van der Waals surface area contributed by atoms with E-state index in [1.807, 2.05) is 0 Å². The molecule has 0 bridgehead atoms. The Hall–Kier alpha value is 2.86. The van der Waals surface area contributed by atoms with E-state index >= 15 is 0 Å². The highest BCUT2D eigenvalue weighted by molar-refractivity contribution is 6.91. The molecule has 0 aliphatic carbocycles. The fourth-order valence-corrected chi connectivity index (χ4v) is 91.1. The minimum absolute atomic E-state index is 0.0965. The molecule has 0 radical (unpaired) electrons. The topological polar surface area (TPSA) is 328 Å². The molecule has 0 heterocycles. The van der Waals surface area contributed by atoms with Gasteiger partial charge in [0.1, 0.15) is 48.8 Å². The van der Waals surface area contributed by atoms with E-state index in [1.165, 1.54) is 48.4 Å². The zero-order valence-electron chi connectivity index (χ0n) is 96.8. The minimum Gasteiger partial charge on any atom is -0.456 e. The second kappa shape index (κ2) is 69.4. The highest BCUT2D eigenvalue weighted by Gasteiger charge is 2.46. The van der Waals surface area contributed by atoms with Crippen LogP contribution < -0.4 is 0 Å². The molecule has 0 unspecified atom stereocenters. The van der Waals surface area contributed by atoms with Gasteiger partial charge in [-0.1, -0.05) is 89.9 Å². The fourth-order valence-electron chi connectivity index (χ4n) is 17.9. The Morgan fingerprint density at radius 2 is 0.279 bits per heavy atom. The lowest BCUT2D eigenvalue weighted by molar-refractivity contribution is -0.110. The van der Waals surface area contributed by atoms with Crippen LogP contribution in [-0.4, -0.2) is 346 Å². The second-order valence-electron chi connectivity index (χ2n) is 49.6. The smallest absolute Gasteiger partial charge is 0.314 e. The van der Waals surface area contributed by atoms with Crippen LogP contribution in [0.2, 0.25) is 333 Å². The van der Waals surface area contributed by atoms with Gasteiger partial charge in [-0.05, 0) is 349 Å². The molecule has 136 heavy (non-hydrogen) atoms. The molecule has 824 valence electrons. The fraction of sp³-hybridized carbons (Fsp3) is 1.00. The monoisotopic (exact) mass is 2250 g/mol. The number of unbranched alkanes of at least 4 members (excludes halogenated alkanes) is 2. The van der Waals surface area contributed by atoms with Crippen LogP contribution in [-0.2, 0) is 79.0 Å². The van der Waals surface area contributed by atoms with Crippen LogP contribution >= 0.6 is 0 Å². The van der Waals surface area contributed by atoms with Gasteiger partial charge in [0, 0.05) is 52.9 Å². The Labute approximate surface area is 857 Å². The van der Waals surface area contributed by atoms with Crippen LogP contribution in [0.4, 0.5) is 0 Å². The Bertz CT molecular complexity index is 2650. The van der Waals surface area contributed by atoms with E-state index in [2.05, 4.69) is 290 Å². The summed E-state index contributed by atoms with van der Waals surface area (Å²) in [7, 11) is -31.7. The number of hydrogen-bond donors (Lipinski definition) is 8. The van der Waals surface area contributed by atoms with Gasteiger partial charge in [0.2, 0.25) is 0 Å². The standard InChI is InChI=1S/C26H66O8Si6.C24H62O8Si6.C22H50O4Si2.C20H50O6Si4/c1-35(2,3)31-39(13,32-36(4,5)6)21-17-15-19-29-25(23-27)26(24-28)30-20-16-18-22-40(14,33-37(7,8)9)34-38(10,11)12;1-33(2,3)29-37(13,30-34(4,5)6)19-15-17-27-23(21-25)24(22-26)28-18-16-20-38(14,31-35(7,8)9)32-36(10,11)12;1-7-27(8-2,9-3)17-13-15-25-21(19-23)22(20-24)26-16-14-18-28(10-4,11-5)12-6;1-27(2,3)25-29(7,8)15-11-13-23-19(17-21)20(18-22)24-14-12-16-30(9,10)26-28(4,5)6/h25-28H,15-24H2,1-14H3;23-26H,15-22H2,1-14H3;21-24H,7-20H2,1-6H3;19-22H,11-18H2,1-10H3/t25-,26-;23-,24-;21-,22-;19-,20-/m1111/s1. The summed E-state index contributed by atoms with van der Waals surface area (Å²) in [5.74, 6) is 0. The highest BCUT2D eigenvalue weighted by Crippen LogP contribution is 2.34. The molecular weight excluding hydrogens is 2030 g/mol. The van der Waals surface area contributed by atoms with E-state index in [4.69, 9.17) is 79.0 Å². The van der Waals surface area contributed by atoms with Gasteiger partial charge >= 0.3 is 34.2 Å². The summed E-state index contributed by atoms with van der Waals surface area (Å²) in [6.45, 7) is 101. The Morgan fingerprint density at radius 1 is 0.154 bits per heavy atom. The van der Waals surface area contributed by atoms with E-state index in [0.29, 0.717) is 52.9 Å². The maximum atomic E-state index is 9.96. The van der Waals surface area contributed by atoms with Crippen LogP contribution in [0.15, 0.2) is 0 Å². The van der Waals surface area contributed by atoms with Crippen molar-refractivity contribution in [2.45, 2.75) is 488 Å². The zero-order chi connectivity index (χ0) is 107. The van der Waals surface area contributed by atoms with Gasteiger partial charge in [-0.15, -0.1) is 0 Å². The Balaban J connectivity index is -0.000000863. The van der Waals surface area contributed by atoms with E-state index in [0.717, 1.165) is 100 Å². The number of hydrogen-bond acceptors (Lipinski definition) is 26. The number of rotatable bonds is 80. The predicted octanol–water partition coefficient (Wildman–Crippen LogP) is 23.1. The highest BCUT2D eigenvalue weighted by atomic mass is 28.5. The maximum Gasteiger partial charge on any atom is 0.314 e. The first-order chi connectivity index (χ1) is 61.8. The average molecular weight is 2260 g/mol. The first-order valence-corrected chi connectivity index (χ1v) is 109. The van der Waals surface area contributed by atoms with Gasteiger partial charge in [0.05, 0.1) is 69.0 Å². The first kappa shape index (κ1) is 145. The van der Waals surface area contributed by atoms with Crippen LogP contribution in [0.25, 0.3) is 0 Å². The summed E-state index contributed by atoms with van der Waals surface area (Å²) in [5.41, 5.74) is 0. The molecule has 0 saturated heterocycles. The molecule has 26 nitrogen and oxygen atoms in total. The second-order valence-corrected chi connectivity index (χ2v) is 130. The van der Waals surface area contributed by atoms with E-state index < -0.39 is 199 Å². The van der Waals surface area contributed by atoms with Crippen molar-refractivity contribution in [1.82, 2.24) is 0 Å². The summed E-state index contributed by atoms with van der Waals surface area (Å²) in [4.78, 5) is 0. The summed E-state index contributed by atoms with van der Waals surface area (Å²) in [5, 5.41) is 78.7. The van der Waals surface area contributed by atoms with Gasteiger partial charge < -0.3 is 120 Å². The number of aliphatic hydroxyl groups excluding tert-OH is 8. The summed E-state index contributed by atoms with van der Waals surface area (Å²) in [6.07, 6.45) is 4.94. The van der Waals surface area contributed by atoms with Crippen LogP contribution in [0, 0.1) is 0 Å². The molecule has 0 aliphatic rings. The molecule has 0 spiro atoms. The van der Waals surface area contributed by atoms with E-state index in [-0.39, 0.29) is 52.9 Å². The molecular formula is C92H228O26Si18. The molecule has 8 N–H and O–H groups in total. The normalized spacial score (nSPS) is 15.8. The molecule has 0 fully saturated rings. The maximum absolute atomic E-state index is 9.96. The predicted molar refractivity (Wildman–Crippen MR) is 619 cm³/mol. The van der Waals surface area contributed by atoms with Crippen molar-refractivity contribution in [3.63, 3.8) is 0 Å². The summed E-state index contributed by atoms with van der Waals surface area (Å²) < 4.78 is 113. The lowest BCUT2D eigenvalue weighted by Gasteiger charge is -2.39. The van der Waals surface area contributed by atoms with Gasteiger partial charge in [-0.3, -0.25) is 0 Å². The third-order valence-electron chi connectivity index (χ3n) is 22.7. The quantitative estimate of drug-likeness (QED) is 0.0207. The van der Waals surface area contributed by atoms with E-state index in [1.54, 1.807) is 0 Å². The lowest BCUT2D eigenvalue weighted by atomic mass is 10.2. The first-order valence-electron chi connectivity index (χ1n) is 52.6. The van der Waals surface area contributed by atoms with Gasteiger partial charge in [0.15, 0.2) is 99.8 Å². The van der Waals surface area contributed by atoms with Crippen molar-refractivity contribution in [2.24, 2.45) is 0 Å². The van der Waals surface area contributed by atoms with Crippen molar-refractivity contribution in [3.8, 4) is 0 Å². The third-order valence-corrected chi connectivity index (χ3v) is 85.5. The summed E-state index contributed by atoms with van der Waals surface area (Å²) in [6, 6.07) is 16.2. The lowest BCUT2D eigenvalue weighted by Crippen LogP contribution is -2.52. The van der Waals surface area contributed by atoms with Gasteiger partial charge in [-0.25, -0.2) is 0 Å². The van der Waals surface area contributed by atoms with Gasteiger partial charge in [0.25, 0.3) is 0 Å². The Morgan fingerprint density at radius 3 is 0.412 bits per heavy atom. The molecule has 0 aromatic heterocycles. The van der Waals surface area contributed by atoms with E-state index in [9.17, 15) is 40.9 Å². The molecule has 0 amide bonds. The van der Waals surface area contributed by atoms with Crippen molar-refractivity contribution in [1.29, 1.82) is 0 Å². The average Bonchev–Trinajstić information content (AvgIpc) is 0.843. The largest absolute Gasteiger partial charge is 0.456 e. The summed E-state index contributed by atoms with van der Waals surface area (Å²) >= 11 is 0. The number of aliphatic hydroxyl groups is 8. The van der Waals surface area contributed by atoms with Crippen molar-refractivity contribution in [3.05, 3.63) is 0 Å². The molecule has 0 aromatic rings.